The molecular weight excluding hydrogens is 254 g/mol. The van der Waals surface area contributed by atoms with Crippen molar-refractivity contribution in [3.8, 4) is 0 Å². The molecule has 104 valence electrons. The summed E-state index contributed by atoms with van der Waals surface area (Å²) in [7, 11) is -1.95. The maximum Gasteiger partial charge on any atom is 0.282 e. The summed E-state index contributed by atoms with van der Waals surface area (Å²) in [6.45, 7) is 2.16. The fourth-order valence-electron chi connectivity index (χ4n) is 2.73. The van der Waals surface area contributed by atoms with Gasteiger partial charge in [0.1, 0.15) is 0 Å². The van der Waals surface area contributed by atoms with Gasteiger partial charge < -0.3 is 5.32 Å². The molecule has 0 spiro atoms. The van der Waals surface area contributed by atoms with Crippen molar-refractivity contribution in [1.82, 2.24) is 13.9 Å². The van der Waals surface area contributed by atoms with E-state index in [1.165, 1.54) is 8.61 Å². The van der Waals surface area contributed by atoms with Gasteiger partial charge in [0.05, 0.1) is 6.54 Å². The summed E-state index contributed by atoms with van der Waals surface area (Å²) in [5.41, 5.74) is 0. The number of nitrogens with zero attached hydrogens (tertiary/aromatic N) is 2. The molecule has 18 heavy (non-hydrogen) atoms. The summed E-state index contributed by atoms with van der Waals surface area (Å²) in [5.74, 6) is -0.189. The molecule has 2 unspecified atom stereocenters. The SMILES string of the molecule is CCN(C)S(=O)(=O)N1CC(=O)NC2CCCCC21. The zero-order valence-electron chi connectivity index (χ0n) is 10.9. The van der Waals surface area contributed by atoms with E-state index in [2.05, 4.69) is 5.32 Å². The maximum absolute atomic E-state index is 12.4. The minimum atomic E-state index is -3.51. The predicted octanol–water partition coefficient (Wildman–Crippen LogP) is -0.0741. The second kappa shape index (κ2) is 5.14. The minimum absolute atomic E-state index is 0.0139. The summed E-state index contributed by atoms with van der Waals surface area (Å²) in [6, 6.07) is -0.0875. The average Bonchev–Trinajstić information content (AvgIpc) is 2.36. The molecule has 0 aromatic heterocycles. The number of piperazine rings is 1. The molecule has 1 N–H and O–H groups in total. The third-order valence-electron chi connectivity index (χ3n) is 3.88. The van der Waals surface area contributed by atoms with E-state index >= 15 is 0 Å². The molecule has 1 amide bonds. The highest BCUT2D eigenvalue weighted by Crippen LogP contribution is 2.28. The van der Waals surface area contributed by atoms with Crippen molar-refractivity contribution in [2.45, 2.75) is 44.7 Å². The van der Waals surface area contributed by atoms with Crippen molar-refractivity contribution in [1.29, 1.82) is 0 Å². The summed E-state index contributed by atoms with van der Waals surface area (Å²) < 4.78 is 27.5. The van der Waals surface area contributed by atoms with Gasteiger partial charge in [-0.05, 0) is 12.8 Å². The highest BCUT2D eigenvalue weighted by molar-refractivity contribution is 7.86. The Bertz CT molecular complexity index is 423. The number of carbonyl (C=O) groups is 1. The lowest BCUT2D eigenvalue weighted by Gasteiger charge is -2.43. The molecule has 0 radical (unpaired) electrons. The normalized spacial score (nSPS) is 30.1. The Morgan fingerprint density at radius 3 is 2.72 bits per heavy atom. The van der Waals surface area contributed by atoms with E-state index in [-0.39, 0.29) is 24.5 Å². The number of hydrogen-bond acceptors (Lipinski definition) is 3. The lowest BCUT2D eigenvalue weighted by Crippen LogP contribution is -2.64. The fraction of sp³-hybridized carbons (Fsp3) is 0.909. The molecule has 0 aromatic rings. The van der Waals surface area contributed by atoms with E-state index in [0.29, 0.717) is 6.54 Å². The van der Waals surface area contributed by atoms with Gasteiger partial charge in [-0.2, -0.15) is 17.0 Å². The van der Waals surface area contributed by atoms with E-state index in [1.807, 2.05) is 0 Å². The second-order valence-electron chi connectivity index (χ2n) is 4.99. The van der Waals surface area contributed by atoms with Crippen LogP contribution in [0.4, 0.5) is 0 Å². The Morgan fingerprint density at radius 1 is 1.39 bits per heavy atom. The van der Waals surface area contributed by atoms with E-state index in [4.69, 9.17) is 0 Å². The molecule has 2 fully saturated rings. The lowest BCUT2D eigenvalue weighted by molar-refractivity contribution is -0.125. The monoisotopic (exact) mass is 275 g/mol. The summed E-state index contributed by atoms with van der Waals surface area (Å²) in [4.78, 5) is 11.7. The van der Waals surface area contributed by atoms with E-state index < -0.39 is 10.2 Å². The van der Waals surface area contributed by atoms with Gasteiger partial charge in [-0.1, -0.05) is 19.8 Å². The number of rotatable bonds is 3. The second-order valence-corrected chi connectivity index (χ2v) is 6.98. The van der Waals surface area contributed by atoms with Crippen molar-refractivity contribution in [2.24, 2.45) is 0 Å². The van der Waals surface area contributed by atoms with Crippen LogP contribution in [0.2, 0.25) is 0 Å². The lowest BCUT2D eigenvalue weighted by atomic mass is 9.89. The number of amides is 1. The van der Waals surface area contributed by atoms with Gasteiger partial charge in [-0.25, -0.2) is 0 Å². The van der Waals surface area contributed by atoms with E-state index in [0.717, 1.165) is 25.7 Å². The molecule has 1 aliphatic carbocycles. The number of fused-ring (bicyclic) bond motifs is 1. The fourth-order valence-corrected chi connectivity index (χ4v) is 4.29. The van der Waals surface area contributed by atoms with Crippen LogP contribution in [0.25, 0.3) is 0 Å². The smallest absolute Gasteiger partial charge is 0.282 e. The Kier molecular flexibility index (Phi) is 3.93. The molecule has 0 aromatic carbocycles. The molecule has 1 heterocycles. The van der Waals surface area contributed by atoms with E-state index in [9.17, 15) is 13.2 Å². The molecule has 7 heteroatoms. The highest BCUT2D eigenvalue weighted by atomic mass is 32.2. The van der Waals surface area contributed by atoms with Crippen LogP contribution in [-0.4, -0.2) is 55.2 Å². The van der Waals surface area contributed by atoms with Gasteiger partial charge in [0.2, 0.25) is 5.91 Å². The van der Waals surface area contributed by atoms with Gasteiger partial charge in [-0.3, -0.25) is 4.79 Å². The van der Waals surface area contributed by atoms with Crippen molar-refractivity contribution < 1.29 is 13.2 Å². The van der Waals surface area contributed by atoms with Crippen LogP contribution in [0, 0.1) is 0 Å². The van der Waals surface area contributed by atoms with Crippen LogP contribution in [-0.2, 0) is 15.0 Å². The van der Waals surface area contributed by atoms with Gasteiger partial charge in [0.25, 0.3) is 10.2 Å². The van der Waals surface area contributed by atoms with Crippen molar-refractivity contribution in [3.05, 3.63) is 0 Å². The zero-order chi connectivity index (χ0) is 13.3. The zero-order valence-corrected chi connectivity index (χ0v) is 11.7. The Labute approximate surface area is 109 Å². The molecule has 1 saturated carbocycles. The summed E-state index contributed by atoms with van der Waals surface area (Å²) in [5, 5.41) is 2.91. The quantitative estimate of drug-likeness (QED) is 0.783. The first kappa shape index (κ1) is 13.8. The molecule has 2 rings (SSSR count). The molecule has 6 nitrogen and oxygen atoms in total. The van der Waals surface area contributed by atoms with Crippen molar-refractivity contribution in [2.75, 3.05) is 20.1 Å². The molecule has 0 bridgehead atoms. The van der Waals surface area contributed by atoms with Crippen molar-refractivity contribution >= 4 is 16.1 Å². The Hall–Kier alpha value is -0.660. The van der Waals surface area contributed by atoms with Crippen LogP contribution in [0.1, 0.15) is 32.6 Å². The average molecular weight is 275 g/mol. The third-order valence-corrected chi connectivity index (χ3v) is 5.92. The van der Waals surface area contributed by atoms with Gasteiger partial charge in [0, 0.05) is 25.7 Å². The van der Waals surface area contributed by atoms with Crippen LogP contribution in [0.3, 0.4) is 0 Å². The molecule has 1 saturated heterocycles. The predicted molar refractivity (Wildman–Crippen MR) is 68.1 cm³/mol. The first-order valence-corrected chi connectivity index (χ1v) is 7.89. The minimum Gasteiger partial charge on any atom is -0.351 e. The number of nitrogens with one attached hydrogen (secondary N) is 1. The van der Waals surface area contributed by atoms with Crippen molar-refractivity contribution in [3.63, 3.8) is 0 Å². The largest absolute Gasteiger partial charge is 0.351 e. The number of carbonyl (C=O) groups excluding carboxylic acids is 1. The molecule has 1 aliphatic heterocycles. The van der Waals surface area contributed by atoms with Crippen LogP contribution in [0.15, 0.2) is 0 Å². The van der Waals surface area contributed by atoms with E-state index in [1.54, 1.807) is 14.0 Å². The van der Waals surface area contributed by atoms with Gasteiger partial charge in [0.15, 0.2) is 0 Å². The summed E-state index contributed by atoms with van der Waals surface area (Å²) in [6.07, 6.45) is 3.79. The molecule has 2 atom stereocenters. The topological polar surface area (TPSA) is 69.7 Å². The first-order valence-electron chi connectivity index (χ1n) is 6.49. The standard InChI is InChI=1S/C11H21N3O3S/c1-3-13(2)18(16,17)14-8-11(15)12-9-6-4-5-7-10(9)14/h9-10H,3-8H2,1-2H3,(H,12,15). The summed E-state index contributed by atoms with van der Waals surface area (Å²) >= 11 is 0. The van der Waals surface area contributed by atoms with Crippen LogP contribution >= 0.6 is 0 Å². The maximum atomic E-state index is 12.4. The van der Waals surface area contributed by atoms with Crippen LogP contribution < -0.4 is 5.32 Å². The number of hydrogen-bond donors (Lipinski definition) is 1. The molecule has 2 aliphatic rings. The molecular formula is C11H21N3O3S. The Morgan fingerprint density at radius 2 is 2.06 bits per heavy atom. The third kappa shape index (κ3) is 2.39. The van der Waals surface area contributed by atoms with Gasteiger partial charge >= 0.3 is 0 Å². The highest BCUT2D eigenvalue weighted by Gasteiger charge is 2.43. The Balaban J connectivity index is 2.26. The first-order chi connectivity index (χ1) is 8.46. The van der Waals surface area contributed by atoms with Crippen LogP contribution in [0.5, 0.6) is 0 Å². The van der Waals surface area contributed by atoms with Gasteiger partial charge in [-0.15, -0.1) is 0 Å².